The summed E-state index contributed by atoms with van der Waals surface area (Å²) >= 11 is -3.79. The molecule has 0 saturated carbocycles. The molecule has 3 nitrogen and oxygen atoms in total. The van der Waals surface area contributed by atoms with Crippen LogP contribution in [-0.4, -0.2) is 37.5 Å². The maximum atomic E-state index is 8.54. The van der Waals surface area contributed by atoms with Crippen molar-refractivity contribution < 1.29 is 41.8 Å². The molecule has 0 radical (unpaired) electrons. The van der Waals surface area contributed by atoms with Crippen molar-refractivity contribution in [3.05, 3.63) is 0 Å². The summed E-state index contributed by atoms with van der Waals surface area (Å²) in [4.78, 5) is 0. The van der Waals surface area contributed by atoms with Crippen LogP contribution in [-0.2, 0) is 3.83 Å². The van der Waals surface area contributed by atoms with Crippen LogP contribution in [0.15, 0.2) is 0 Å². The minimum Gasteiger partial charge on any atom is 1.00 e. The normalized spacial score (nSPS) is 5.83. The van der Waals surface area contributed by atoms with Crippen LogP contribution in [0.5, 0.6) is 0 Å². The fraction of sp³-hybridized carbons (Fsp3) is 0. The van der Waals surface area contributed by atoms with Crippen molar-refractivity contribution in [3.63, 3.8) is 0 Å². The molecule has 0 spiro atoms. The summed E-state index contributed by atoms with van der Waals surface area (Å²) in [5.41, 5.74) is 0. The van der Waals surface area contributed by atoms with Crippen molar-refractivity contribution in [2.75, 3.05) is 0 Å². The standard InChI is InChI=1S/Mg.Na.H2O3Se/c;;1-4(2)3/h;;(H2,1,2,3)/q+2;+1;/p-2. The number of hydrogen-bond donors (Lipinski definition) is 0. The molecule has 0 rings (SSSR count). The molecular weight excluding hydrogens is 174 g/mol. The predicted molar refractivity (Wildman–Crippen MR) is 12.2 cm³/mol. The van der Waals surface area contributed by atoms with E-state index in [4.69, 9.17) is 12.2 Å². The van der Waals surface area contributed by atoms with Gasteiger partial charge in [0.15, 0.2) is 0 Å². The van der Waals surface area contributed by atoms with Gasteiger partial charge in [-0.3, -0.25) is 0 Å². The molecule has 6 heteroatoms. The van der Waals surface area contributed by atoms with Gasteiger partial charge >= 0.3 is 79.3 Å². The molecule has 26 valence electrons. The minimum atomic E-state index is -3.79. The van der Waals surface area contributed by atoms with E-state index >= 15 is 0 Å². The zero-order valence-electron chi connectivity index (χ0n) is 3.34. The van der Waals surface area contributed by atoms with E-state index in [1.54, 1.807) is 0 Å². The number of hydrogen-bond acceptors (Lipinski definition) is 3. The van der Waals surface area contributed by atoms with Crippen LogP contribution >= 0.6 is 0 Å². The summed E-state index contributed by atoms with van der Waals surface area (Å²) in [7, 11) is 0. The van der Waals surface area contributed by atoms with E-state index in [0.717, 1.165) is 0 Å². The van der Waals surface area contributed by atoms with Gasteiger partial charge in [0.05, 0.1) is 0 Å². The molecule has 0 aliphatic rings. The average Bonchev–Trinajstić information content (AvgIpc) is 0.811. The summed E-state index contributed by atoms with van der Waals surface area (Å²) in [6, 6.07) is 0. The Bertz CT molecular complexity index is 33.8. The van der Waals surface area contributed by atoms with E-state index in [-0.39, 0.29) is 52.6 Å². The van der Waals surface area contributed by atoms with Gasteiger partial charge in [-0.2, -0.15) is 0 Å². The first kappa shape index (κ1) is 15.7. The Balaban J connectivity index is -0.0000000450. The SMILES string of the molecule is O=[Se]([O-])[O-].[Mg+2].[Na+]. The molecule has 0 aromatic rings. The van der Waals surface area contributed by atoms with Crippen molar-refractivity contribution in [2.24, 2.45) is 0 Å². The van der Waals surface area contributed by atoms with Gasteiger partial charge in [-0.25, -0.2) is 0 Å². The van der Waals surface area contributed by atoms with E-state index < -0.39 is 14.5 Å². The van der Waals surface area contributed by atoms with Crippen molar-refractivity contribution >= 4 is 37.5 Å². The Morgan fingerprint density at radius 2 is 1.33 bits per heavy atom. The van der Waals surface area contributed by atoms with Gasteiger partial charge in [0, 0.05) is 0 Å². The Morgan fingerprint density at radius 3 is 1.33 bits per heavy atom. The molecular formula is MgNaO3Se+. The van der Waals surface area contributed by atoms with Crippen molar-refractivity contribution in [2.45, 2.75) is 0 Å². The molecule has 0 amide bonds. The first-order valence-electron chi connectivity index (χ1n) is 0.500. The fourth-order valence-electron chi connectivity index (χ4n) is 0. The smallest absolute Gasteiger partial charge is 1.00 e. The van der Waals surface area contributed by atoms with E-state index in [1.165, 1.54) is 0 Å². The van der Waals surface area contributed by atoms with Gasteiger partial charge in [0.1, 0.15) is 0 Å². The van der Waals surface area contributed by atoms with Crippen LogP contribution in [0.25, 0.3) is 0 Å². The van der Waals surface area contributed by atoms with E-state index in [2.05, 4.69) is 0 Å². The van der Waals surface area contributed by atoms with Gasteiger partial charge in [-0.15, -0.1) is 0 Å². The molecule has 0 fully saturated rings. The molecule has 0 aliphatic carbocycles. The summed E-state index contributed by atoms with van der Waals surface area (Å²) in [6.07, 6.45) is 0. The van der Waals surface area contributed by atoms with E-state index in [1.807, 2.05) is 0 Å². The topological polar surface area (TPSA) is 63.2 Å². The van der Waals surface area contributed by atoms with Crippen LogP contribution in [0.4, 0.5) is 0 Å². The van der Waals surface area contributed by atoms with Crippen molar-refractivity contribution in [1.82, 2.24) is 0 Å². The van der Waals surface area contributed by atoms with Crippen LogP contribution in [0, 0.1) is 0 Å². The van der Waals surface area contributed by atoms with Crippen LogP contribution < -0.4 is 37.9 Å². The quantitative estimate of drug-likeness (QED) is 0.343. The van der Waals surface area contributed by atoms with Gasteiger partial charge in [0.2, 0.25) is 0 Å². The Hall–Kier alpha value is 2.01. The molecule has 0 N–H and O–H groups in total. The molecule has 6 heavy (non-hydrogen) atoms. The second kappa shape index (κ2) is 10.1. The predicted octanol–water partition coefficient (Wildman–Crippen LogP) is -6.25. The second-order valence-electron chi connectivity index (χ2n) is 0.204. The maximum Gasteiger partial charge on any atom is 2.00 e. The molecule has 0 bridgehead atoms. The van der Waals surface area contributed by atoms with Gasteiger partial charge < -0.3 is 0 Å². The monoisotopic (exact) mass is 175 g/mol. The molecule has 0 aliphatic heterocycles. The molecule has 0 atom stereocenters. The fourth-order valence-corrected chi connectivity index (χ4v) is 0. The van der Waals surface area contributed by atoms with E-state index in [9.17, 15) is 0 Å². The first-order chi connectivity index (χ1) is 1.73. The summed E-state index contributed by atoms with van der Waals surface area (Å²) in [5, 5.41) is 0. The third-order valence-corrected chi connectivity index (χ3v) is 0. The van der Waals surface area contributed by atoms with Gasteiger partial charge in [0.25, 0.3) is 0 Å². The molecule has 0 aromatic carbocycles. The zero-order valence-corrected chi connectivity index (χ0v) is 8.47. The van der Waals surface area contributed by atoms with E-state index in [0.29, 0.717) is 0 Å². The third-order valence-electron chi connectivity index (χ3n) is 0. The first-order valence-corrected chi connectivity index (χ1v) is 2.60. The summed E-state index contributed by atoms with van der Waals surface area (Å²) < 4.78 is 25.6. The van der Waals surface area contributed by atoms with Gasteiger partial charge in [-0.05, 0) is 0 Å². The minimum absolute atomic E-state index is 0. The zero-order chi connectivity index (χ0) is 3.58. The third kappa shape index (κ3) is 37.4. The van der Waals surface area contributed by atoms with Crippen LogP contribution in [0.1, 0.15) is 0 Å². The Morgan fingerprint density at radius 1 is 1.33 bits per heavy atom. The maximum absolute atomic E-state index is 8.54. The molecule has 0 heterocycles. The molecule has 0 unspecified atom stereocenters. The van der Waals surface area contributed by atoms with Gasteiger partial charge in [-0.1, -0.05) is 0 Å². The van der Waals surface area contributed by atoms with Crippen molar-refractivity contribution in [3.8, 4) is 0 Å². The van der Waals surface area contributed by atoms with Crippen LogP contribution in [0.3, 0.4) is 0 Å². The average molecular weight is 174 g/mol. The number of rotatable bonds is 0. The summed E-state index contributed by atoms with van der Waals surface area (Å²) in [6.45, 7) is 0. The van der Waals surface area contributed by atoms with Crippen LogP contribution in [0.2, 0.25) is 0 Å². The Labute approximate surface area is 78.3 Å². The largest absolute Gasteiger partial charge is 2.00 e. The summed E-state index contributed by atoms with van der Waals surface area (Å²) in [5.74, 6) is 0. The Kier molecular flexibility index (Phi) is 26.4. The molecule has 0 saturated heterocycles. The van der Waals surface area contributed by atoms with Crippen molar-refractivity contribution in [1.29, 1.82) is 0 Å². The molecule has 0 aromatic heterocycles. The second-order valence-corrected chi connectivity index (χ2v) is 1.06.